The van der Waals surface area contributed by atoms with Crippen molar-refractivity contribution >= 4 is 11.8 Å². The zero-order chi connectivity index (χ0) is 24.3. The van der Waals surface area contributed by atoms with Gasteiger partial charge in [0.25, 0.3) is 0 Å². The SMILES string of the molecule is CC(C)(O)[C@H](NC(=O)C1(C(=O)N[C@H](c2ccccc2)C(C)(C)O)CCCC1)c1ccccc1. The molecular weight excluding hydrogens is 416 g/mol. The molecule has 4 N–H and O–H groups in total. The molecule has 1 aliphatic carbocycles. The number of hydrogen-bond acceptors (Lipinski definition) is 4. The summed E-state index contributed by atoms with van der Waals surface area (Å²) in [5, 5.41) is 27.5. The maximum Gasteiger partial charge on any atom is 0.236 e. The van der Waals surface area contributed by atoms with E-state index in [1.807, 2.05) is 60.7 Å². The molecule has 2 amide bonds. The van der Waals surface area contributed by atoms with E-state index in [0.717, 1.165) is 24.0 Å². The zero-order valence-electron chi connectivity index (χ0n) is 20.0. The largest absolute Gasteiger partial charge is 0.388 e. The van der Waals surface area contributed by atoms with Gasteiger partial charge in [0.15, 0.2) is 0 Å². The van der Waals surface area contributed by atoms with Crippen LogP contribution >= 0.6 is 0 Å². The number of carbonyl (C=O) groups is 2. The maximum atomic E-state index is 13.7. The molecule has 2 atom stereocenters. The van der Waals surface area contributed by atoms with Crippen LogP contribution in [0.4, 0.5) is 0 Å². The Labute approximate surface area is 196 Å². The van der Waals surface area contributed by atoms with Gasteiger partial charge in [-0.3, -0.25) is 9.59 Å². The summed E-state index contributed by atoms with van der Waals surface area (Å²) in [5.74, 6) is -0.785. The lowest BCUT2D eigenvalue weighted by molar-refractivity contribution is -0.146. The van der Waals surface area contributed by atoms with E-state index < -0.39 is 40.5 Å². The maximum absolute atomic E-state index is 13.7. The lowest BCUT2D eigenvalue weighted by Gasteiger charge is -2.37. The van der Waals surface area contributed by atoms with Crippen molar-refractivity contribution in [1.82, 2.24) is 10.6 Å². The second-order valence-corrected chi connectivity index (χ2v) is 10.2. The van der Waals surface area contributed by atoms with E-state index >= 15 is 0 Å². The van der Waals surface area contributed by atoms with Crippen molar-refractivity contribution in [2.75, 3.05) is 0 Å². The zero-order valence-corrected chi connectivity index (χ0v) is 20.0. The van der Waals surface area contributed by atoms with Gasteiger partial charge >= 0.3 is 0 Å². The van der Waals surface area contributed by atoms with Crippen LogP contribution in [0.3, 0.4) is 0 Å². The molecule has 33 heavy (non-hydrogen) atoms. The lowest BCUT2D eigenvalue weighted by Crippen LogP contribution is -2.55. The van der Waals surface area contributed by atoms with Gasteiger partial charge in [0.2, 0.25) is 11.8 Å². The molecule has 0 aliphatic heterocycles. The molecular formula is C27H36N2O4. The summed E-state index contributed by atoms with van der Waals surface area (Å²) in [7, 11) is 0. The molecule has 6 nitrogen and oxygen atoms in total. The van der Waals surface area contributed by atoms with Crippen LogP contribution in [0.15, 0.2) is 60.7 Å². The fourth-order valence-electron chi connectivity index (χ4n) is 4.70. The number of carbonyl (C=O) groups excluding carboxylic acids is 2. The third kappa shape index (κ3) is 5.63. The highest BCUT2D eigenvalue weighted by atomic mass is 16.3. The topological polar surface area (TPSA) is 98.7 Å². The second-order valence-electron chi connectivity index (χ2n) is 10.2. The summed E-state index contributed by atoms with van der Waals surface area (Å²) in [6.45, 7) is 6.58. The van der Waals surface area contributed by atoms with Crippen LogP contribution in [0.25, 0.3) is 0 Å². The molecule has 0 radical (unpaired) electrons. The third-order valence-electron chi connectivity index (χ3n) is 6.56. The van der Waals surface area contributed by atoms with E-state index in [9.17, 15) is 19.8 Å². The molecule has 0 aromatic heterocycles. The van der Waals surface area contributed by atoms with Gasteiger partial charge < -0.3 is 20.8 Å². The minimum atomic E-state index is -1.25. The molecule has 0 unspecified atom stereocenters. The summed E-state index contributed by atoms with van der Waals surface area (Å²) in [6, 6.07) is 17.2. The van der Waals surface area contributed by atoms with Gasteiger partial charge in [-0.1, -0.05) is 73.5 Å². The average molecular weight is 453 g/mol. The first-order valence-corrected chi connectivity index (χ1v) is 11.6. The highest BCUT2D eigenvalue weighted by Crippen LogP contribution is 2.41. The van der Waals surface area contributed by atoms with E-state index in [-0.39, 0.29) is 0 Å². The predicted octanol–water partition coefficient (Wildman–Crippen LogP) is 3.80. The Hall–Kier alpha value is -2.70. The highest BCUT2D eigenvalue weighted by molar-refractivity contribution is 6.05. The number of amides is 2. The summed E-state index contributed by atoms with van der Waals surface area (Å²) in [4.78, 5) is 27.3. The predicted molar refractivity (Wildman–Crippen MR) is 128 cm³/mol. The van der Waals surface area contributed by atoms with Crippen LogP contribution in [-0.4, -0.2) is 33.2 Å². The monoisotopic (exact) mass is 452 g/mol. The Balaban J connectivity index is 1.89. The van der Waals surface area contributed by atoms with Crippen LogP contribution < -0.4 is 10.6 Å². The van der Waals surface area contributed by atoms with Gasteiger partial charge in [0.05, 0.1) is 23.3 Å². The Bertz CT molecular complexity index is 866. The molecule has 6 heteroatoms. The molecule has 1 aliphatic rings. The molecule has 0 bridgehead atoms. The van der Waals surface area contributed by atoms with Gasteiger partial charge in [-0.2, -0.15) is 0 Å². The van der Waals surface area contributed by atoms with Crippen LogP contribution in [0, 0.1) is 5.41 Å². The minimum Gasteiger partial charge on any atom is -0.388 e. The van der Waals surface area contributed by atoms with Crippen molar-refractivity contribution in [2.24, 2.45) is 5.41 Å². The number of hydrogen-bond donors (Lipinski definition) is 4. The van der Waals surface area contributed by atoms with Crippen LogP contribution in [-0.2, 0) is 9.59 Å². The average Bonchev–Trinajstić information content (AvgIpc) is 3.26. The third-order valence-corrected chi connectivity index (χ3v) is 6.56. The van der Waals surface area contributed by atoms with E-state index in [0.29, 0.717) is 12.8 Å². The van der Waals surface area contributed by atoms with Gasteiger partial charge in [0.1, 0.15) is 5.41 Å². The number of aliphatic hydroxyl groups is 2. The fourth-order valence-corrected chi connectivity index (χ4v) is 4.70. The first-order valence-electron chi connectivity index (χ1n) is 11.6. The van der Waals surface area contributed by atoms with Gasteiger partial charge in [-0.05, 0) is 51.7 Å². The van der Waals surface area contributed by atoms with Crippen molar-refractivity contribution in [3.05, 3.63) is 71.8 Å². The van der Waals surface area contributed by atoms with E-state index in [4.69, 9.17) is 0 Å². The van der Waals surface area contributed by atoms with Crippen LogP contribution in [0.1, 0.15) is 76.6 Å². The number of benzene rings is 2. The smallest absolute Gasteiger partial charge is 0.236 e. The van der Waals surface area contributed by atoms with Crippen LogP contribution in [0.5, 0.6) is 0 Å². The van der Waals surface area contributed by atoms with Gasteiger partial charge in [-0.25, -0.2) is 0 Å². The Kier molecular flexibility index (Phi) is 7.29. The van der Waals surface area contributed by atoms with Crippen molar-refractivity contribution in [2.45, 2.75) is 76.7 Å². The number of nitrogens with one attached hydrogen (secondary N) is 2. The molecule has 2 aromatic rings. The first-order chi connectivity index (χ1) is 15.4. The van der Waals surface area contributed by atoms with E-state index in [2.05, 4.69) is 10.6 Å². The summed E-state index contributed by atoms with van der Waals surface area (Å²) in [5.41, 5.74) is -2.17. The molecule has 2 aromatic carbocycles. The quantitative estimate of drug-likeness (QED) is 0.458. The highest BCUT2D eigenvalue weighted by Gasteiger charge is 2.50. The summed E-state index contributed by atoms with van der Waals surface area (Å²) in [6.07, 6.45) is 2.37. The van der Waals surface area contributed by atoms with Crippen molar-refractivity contribution in [1.29, 1.82) is 0 Å². The molecule has 178 valence electrons. The Morgan fingerprint density at radius 1 is 0.727 bits per heavy atom. The van der Waals surface area contributed by atoms with Gasteiger partial charge in [0, 0.05) is 0 Å². The standard InChI is InChI=1S/C27H36N2O4/c1-25(2,32)21(19-13-7-5-8-14-19)28-23(30)27(17-11-12-18-27)24(31)29-22(26(3,4)33)20-15-9-6-10-16-20/h5-10,13-16,21-22,32-33H,11-12,17-18H2,1-4H3,(H,28,30)(H,29,31)/t21-,22-/m1/s1. The second kappa shape index (κ2) is 9.65. The molecule has 0 spiro atoms. The molecule has 3 rings (SSSR count). The molecule has 1 fully saturated rings. The van der Waals surface area contributed by atoms with Crippen molar-refractivity contribution in [3.63, 3.8) is 0 Å². The Morgan fingerprint density at radius 3 is 1.36 bits per heavy atom. The minimum absolute atomic E-state index is 0.393. The van der Waals surface area contributed by atoms with Crippen molar-refractivity contribution < 1.29 is 19.8 Å². The molecule has 0 heterocycles. The Morgan fingerprint density at radius 2 is 1.06 bits per heavy atom. The van der Waals surface area contributed by atoms with Crippen LogP contribution in [0.2, 0.25) is 0 Å². The summed E-state index contributed by atoms with van der Waals surface area (Å²) >= 11 is 0. The number of rotatable bonds is 8. The first kappa shape index (κ1) is 24.9. The van der Waals surface area contributed by atoms with E-state index in [1.54, 1.807) is 27.7 Å². The normalized spacial score (nSPS) is 17.8. The molecule has 1 saturated carbocycles. The summed E-state index contributed by atoms with van der Waals surface area (Å²) < 4.78 is 0. The van der Waals surface area contributed by atoms with Gasteiger partial charge in [-0.15, -0.1) is 0 Å². The van der Waals surface area contributed by atoms with E-state index in [1.165, 1.54) is 0 Å². The van der Waals surface area contributed by atoms with Crippen molar-refractivity contribution in [3.8, 4) is 0 Å². The molecule has 0 saturated heterocycles. The lowest BCUT2D eigenvalue weighted by atomic mass is 9.81. The fraction of sp³-hybridized carbons (Fsp3) is 0.481.